The third kappa shape index (κ3) is 3.57. The Labute approximate surface area is 151 Å². The predicted octanol–water partition coefficient (Wildman–Crippen LogP) is 2.26. The van der Waals surface area contributed by atoms with E-state index in [-0.39, 0.29) is 5.60 Å². The molecule has 4 aliphatic rings. The van der Waals surface area contributed by atoms with Crippen molar-refractivity contribution < 1.29 is 13.2 Å². The number of hydrogen-bond donors (Lipinski definition) is 0. The Morgan fingerprint density at radius 3 is 2.76 bits per heavy atom. The zero-order valence-electron chi connectivity index (χ0n) is 15.4. The molecule has 2 atom stereocenters. The molecule has 5 rings (SSSR count). The van der Waals surface area contributed by atoms with E-state index < -0.39 is 10.0 Å². The van der Waals surface area contributed by atoms with Crippen LogP contribution in [0.3, 0.4) is 0 Å². The Bertz CT molecular complexity index is 775. The molecule has 4 heterocycles. The molecule has 0 radical (unpaired) electrons. The molecule has 0 unspecified atom stereocenters. The molecule has 1 aromatic carbocycles. The van der Waals surface area contributed by atoms with Gasteiger partial charge in [-0.25, -0.2) is 12.7 Å². The summed E-state index contributed by atoms with van der Waals surface area (Å²) in [5.74, 6) is 1.46. The van der Waals surface area contributed by atoms with Crippen molar-refractivity contribution in [3.63, 3.8) is 0 Å². The highest BCUT2D eigenvalue weighted by Crippen LogP contribution is 2.36. The van der Waals surface area contributed by atoms with Crippen LogP contribution in [0, 0.1) is 5.92 Å². The van der Waals surface area contributed by atoms with Crippen LogP contribution < -0.4 is 4.74 Å². The van der Waals surface area contributed by atoms with Crippen molar-refractivity contribution in [2.75, 3.05) is 25.9 Å². The zero-order chi connectivity index (χ0) is 17.8. The van der Waals surface area contributed by atoms with E-state index in [9.17, 15) is 8.42 Å². The molecule has 1 aromatic rings. The minimum Gasteiger partial charge on any atom is -0.487 e. The fourth-order valence-corrected chi connectivity index (χ4v) is 5.52. The summed E-state index contributed by atoms with van der Waals surface area (Å²) in [5.41, 5.74) is 2.48. The standard InChI is InChI=1S/C19H28N2O3S/c1-19(2)9-16-8-14(5-7-18(16)24-19)10-20-11-15-4-6-17(20)13-21(12-15)25(3,22)23/h5,7-8,15,17H,4,6,9-13H2,1-3H3/t15-,17-/m1/s1. The normalized spacial score (nSPS) is 29.2. The number of sulfonamides is 1. The summed E-state index contributed by atoms with van der Waals surface area (Å²) in [6.07, 6.45) is 4.52. The second kappa shape index (κ2) is 5.96. The molecule has 0 amide bonds. The molecule has 0 aromatic heterocycles. The Hall–Kier alpha value is -1.11. The predicted molar refractivity (Wildman–Crippen MR) is 98.2 cm³/mol. The lowest BCUT2D eigenvalue weighted by Gasteiger charge is -2.36. The van der Waals surface area contributed by atoms with Crippen LogP contribution in [0.25, 0.3) is 0 Å². The van der Waals surface area contributed by atoms with E-state index in [1.54, 1.807) is 4.31 Å². The third-order valence-electron chi connectivity index (χ3n) is 5.78. The highest BCUT2D eigenvalue weighted by Gasteiger charge is 2.38. The smallest absolute Gasteiger partial charge is 0.211 e. The molecule has 6 heteroatoms. The Morgan fingerprint density at radius 1 is 1.20 bits per heavy atom. The summed E-state index contributed by atoms with van der Waals surface area (Å²) >= 11 is 0. The summed E-state index contributed by atoms with van der Waals surface area (Å²) in [4.78, 5) is 2.49. The lowest BCUT2D eigenvalue weighted by molar-refractivity contribution is 0.125. The van der Waals surface area contributed by atoms with Gasteiger partial charge < -0.3 is 4.74 Å². The number of rotatable bonds is 3. The van der Waals surface area contributed by atoms with E-state index >= 15 is 0 Å². The first-order valence-electron chi connectivity index (χ1n) is 9.20. The second-order valence-corrected chi connectivity index (χ2v) is 10.6. The van der Waals surface area contributed by atoms with E-state index in [4.69, 9.17) is 4.74 Å². The van der Waals surface area contributed by atoms with Gasteiger partial charge in [0.2, 0.25) is 10.0 Å². The van der Waals surface area contributed by atoms with Crippen LogP contribution in [0.1, 0.15) is 37.8 Å². The molecular weight excluding hydrogens is 336 g/mol. The van der Waals surface area contributed by atoms with Gasteiger partial charge in [-0.15, -0.1) is 0 Å². The van der Waals surface area contributed by atoms with Crippen molar-refractivity contribution in [2.24, 2.45) is 5.92 Å². The van der Waals surface area contributed by atoms with E-state index in [1.165, 1.54) is 17.4 Å². The first-order chi connectivity index (χ1) is 11.7. The highest BCUT2D eigenvalue weighted by molar-refractivity contribution is 7.88. The van der Waals surface area contributed by atoms with Gasteiger partial charge in [0, 0.05) is 38.6 Å². The Balaban J connectivity index is 1.51. The molecule has 0 N–H and O–H groups in total. The Kier molecular flexibility index (Phi) is 4.13. The number of fused-ring (bicyclic) bond motifs is 5. The van der Waals surface area contributed by atoms with Gasteiger partial charge in [0.15, 0.2) is 0 Å². The van der Waals surface area contributed by atoms with Gasteiger partial charge in [0.05, 0.1) is 6.26 Å². The number of nitrogens with zero attached hydrogens (tertiary/aromatic N) is 2. The van der Waals surface area contributed by atoms with Gasteiger partial charge in [-0.2, -0.15) is 0 Å². The van der Waals surface area contributed by atoms with Crippen LogP contribution in [0.5, 0.6) is 5.75 Å². The van der Waals surface area contributed by atoms with Gasteiger partial charge in [-0.1, -0.05) is 12.1 Å². The molecule has 5 nitrogen and oxygen atoms in total. The van der Waals surface area contributed by atoms with Gasteiger partial charge >= 0.3 is 0 Å². The van der Waals surface area contributed by atoms with Crippen molar-refractivity contribution in [3.8, 4) is 5.75 Å². The maximum Gasteiger partial charge on any atom is 0.211 e. The number of ether oxygens (including phenoxy) is 1. The fraction of sp³-hybridized carbons (Fsp3) is 0.684. The zero-order valence-corrected chi connectivity index (χ0v) is 16.2. The largest absolute Gasteiger partial charge is 0.487 e. The lowest BCUT2D eigenvalue weighted by Crippen LogP contribution is -2.43. The molecule has 25 heavy (non-hydrogen) atoms. The lowest BCUT2D eigenvalue weighted by atomic mass is 9.94. The number of benzene rings is 1. The highest BCUT2D eigenvalue weighted by atomic mass is 32.2. The molecule has 0 spiro atoms. The van der Waals surface area contributed by atoms with Crippen LogP contribution >= 0.6 is 0 Å². The minimum absolute atomic E-state index is 0.112. The first-order valence-corrected chi connectivity index (χ1v) is 11.0. The molecule has 0 saturated carbocycles. The molecule has 3 saturated heterocycles. The molecule has 138 valence electrons. The number of hydrogen-bond acceptors (Lipinski definition) is 4. The Morgan fingerprint density at radius 2 is 2.00 bits per heavy atom. The van der Waals surface area contributed by atoms with Gasteiger partial charge in [-0.05, 0) is 49.8 Å². The van der Waals surface area contributed by atoms with E-state index in [0.29, 0.717) is 25.0 Å². The second-order valence-electron chi connectivity index (χ2n) is 8.59. The maximum atomic E-state index is 12.0. The SMILES string of the molecule is CC1(C)Cc2cc(CN3C[C@H]4CC[C@@H]3CN(S(C)(=O)=O)C4)ccc2O1. The van der Waals surface area contributed by atoms with Crippen LogP contribution in [0.2, 0.25) is 0 Å². The van der Waals surface area contributed by atoms with Crippen molar-refractivity contribution >= 4 is 10.0 Å². The van der Waals surface area contributed by atoms with Crippen LogP contribution in [-0.2, 0) is 23.0 Å². The van der Waals surface area contributed by atoms with Crippen molar-refractivity contribution in [2.45, 2.75) is 51.3 Å². The summed E-state index contributed by atoms with van der Waals surface area (Å²) < 4.78 is 31.7. The monoisotopic (exact) mass is 364 g/mol. The van der Waals surface area contributed by atoms with Crippen LogP contribution in [0.4, 0.5) is 0 Å². The summed E-state index contributed by atoms with van der Waals surface area (Å²) in [6.45, 7) is 7.46. The quantitative estimate of drug-likeness (QED) is 0.825. The van der Waals surface area contributed by atoms with Crippen LogP contribution in [-0.4, -0.2) is 55.2 Å². The topological polar surface area (TPSA) is 49.9 Å². The molecule has 2 bridgehead atoms. The van der Waals surface area contributed by atoms with Crippen LogP contribution in [0.15, 0.2) is 18.2 Å². The van der Waals surface area contributed by atoms with E-state index in [1.807, 2.05) is 0 Å². The third-order valence-corrected chi connectivity index (χ3v) is 7.01. The van der Waals surface area contributed by atoms with Gasteiger partial charge in [0.1, 0.15) is 11.4 Å². The first kappa shape index (κ1) is 17.3. The molecule has 3 fully saturated rings. The fourth-order valence-electron chi connectivity index (χ4n) is 4.60. The van der Waals surface area contributed by atoms with E-state index in [0.717, 1.165) is 38.1 Å². The van der Waals surface area contributed by atoms with Crippen molar-refractivity contribution in [1.29, 1.82) is 0 Å². The maximum absolute atomic E-state index is 12.0. The van der Waals surface area contributed by atoms with Crippen molar-refractivity contribution in [3.05, 3.63) is 29.3 Å². The molecule has 4 aliphatic heterocycles. The van der Waals surface area contributed by atoms with Crippen molar-refractivity contribution in [1.82, 2.24) is 9.21 Å². The van der Waals surface area contributed by atoms with E-state index in [2.05, 4.69) is 36.9 Å². The summed E-state index contributed by atoms with van der Waals surface area (Å²) in [5, 5.41) is 0. The average Bonchev–Trinajstić information content (AvgIpc) is 2.66. The number of piperidine rings is 1. The summed E-state index contributed by atoms with van der Waals surface area (Å²) in [7, 11) is -3.10. The van der Waals surface area contributed by atoms with Gasteiger partial charge in [-0.3, -0.25) is 4.90 Å². The average molecular weight is 365 g/mol. The molecular formula is C19H28N2O3S. The van der Waals surface area contributed by atoms with Gasteiger partial charge in [0.25, 0.3) is 0 Å². The summed E-state index contributed by atoms with van der Waals surface area (Å²) in [6, 6.07) is 6.86. The minimum atomic E-state index is -3.10. The molecule has 0 aliphatic carbocycles.